The third kappa shape index (κ3) is 3.43. The molecule has 0 bridgehead atoms. The molecule has 28 heavy (non-hydrogen) atoms. The summed E-state index contributed by atoms with van der Waals surface area (Å²) < 4.78 is 6.54. The van der Waals surface area contributed by atoms with Crippen molar-refractivity contribution in [1.82, 2.24) is 20.1 Å². The number of benzene rings is 1. The average molecular weight is 375 g/mol. The molecule has 2 aromatic heterocycles. The van der Waals surface area contributed by atoms with Gasteiger partial charge in [-0.1, -0.05) is 12.1 Å². The highest BCUT2D eigenvalue weighted by molar-refractivity contribution is 5.94. The first kappa shape index (κ1) is 17.7. The Morgan fingerprint density at radius 1 is 1.25 bits per heavy atom. The van der Waals surface area contributed by atoms with Crippen molar-refractivity contribution in [3.63, 3.8) is 0 Å². The third-order valence-electron chi connectivity index (χ3n) is 4.56. The molecule has 0 aliphatic carbocycles. The summed E-state index contributed by atoms with van der Waals surface area (Å²) in [4.78, 5) is 16.5. The molecule has 1 saturated heterocycles. The van der Waals surface area contributed by atoms with Gasteiger partial charge in [0.05, 0.1) is 41.6 Å². The predicted octanol–water partition coefficient (Wildman–Crippen LogP) is 2.03. The van der Waals surface area contributed by atoms with Crippen LogP contribution in [-0.4, -0.2) is 45.0 Å². The molecule has 0 spiro atoms. The number of carbonyl (C=O) groups is 1. The average Bonchev–Trinajstić information content (AvgIpc) is 3.38. The highest BCUT2D eigenvalue weighted by Crippen LogP contribution is 2.30. The van der Waals surface area contributed by atoms with Crippen LogP contribution in [0.4, 0.5) is 0 Å². The molecule has 4 rings (SSSR count). The van der Waals surface area contributed by atoms with Gasteiger partial charge < -0.3 is 15.2 Å². The number of nitriles is 1. The second-order valence-corrected chi connectivity index (χ2v) is 6.42. The molecule has 1 atom stereocenters. The minimum Gasteiger partial charge on any atom is -0.493 e. The molecule has 2 N–H and O–H groups in total. The second-order valence-electron chi connectivity index (χ2n) is 6.42. The Labute approximate surface area is 161 Å². The molecule has 0 unspecified atom stereocenters. The number of aromatic hydroxyl groups is 1. The Hall–Kier alpha value is -3.70. The highest BCUT2D eigenvalue weighted by atomic mass is 16.5. The molecule has 1 amide bonds. The SMILES string of the molecule is N#Cc1ccc(-c2cnn(-c3ccc(C(=O)N[C@H]4CCOC4)cn3)c2O)cc1. The number of pyridine rings is 1. The van der Waals surface area contributed by atoms with Gasteiger partial charge in [0.2, 0.25) is 5.88 Å². The van der Waals surface area contributed by atoms with E-state index >= 15 is 0 Å². The Bertz CT molecular complexity index is 1030. The number of hydrogen-bond donors (Lipinski definition) is 2. The molecule has 8 heteroatoms. The lowest BCUT2D eigenvalue weighted by Crippen LogP contribution is -2.35. The fourth-order valence-corrected chi connectivity index (χ4v) is 3.00. The summed E-state index contributed by atoms with van der Waals surface area (Å²) in [6.07, 6.45) is 3.78. The molecule has 1 aliphatic rings. The standard InChI is InChI=1S/C20H17N5O3/c21-9-13-1-3-14(4-2-13)17-11-23-25(20(17)27)18-6-5-15(10-22-18)19(26)24-16-7-8-28-12-16/h1-6,10-11,16,27H,7-8,12H2,(H,24,26)/t16-/m0/s1. The van der Waals surface area contributed by atoms with Crippen molar-refractivity contribution in [1.29, 1.82) is 5.26 Å². The van der Waals surface area contributed by atoms with Crippen LogP contribution in [0.1, 0.15) is 22.3 Å². The molecule has 140 valence electrons. The van der Waals surface area contributed by atoms with E-state index in [0.29, 0.717) is 35.7 Å². The van der Waals surface area contributed by atoms with Gasteiger partial charge in [-0.25, -0.2) is 4.98 Å². The maximum atomic E-state index is 12.3. The van der Waals surface area contributed by atoms with Gasteiger partial charge in [-0.2, -0.15) is 15.0 Å². The van der Waals surface area contributed by atoms with Crippen molar-refractivity contribution in [2.45, 2.75) is 12.5 Å². The summed E-state index contributed by atoms with van der Waals surface area (Å²) in [7, 11) is 0. The van der Waals surface area contributed by atoms with E-state index in [4.69, 9.17) is 10.00 Å². The second kappa shape index (κ2) is 7.50. The Kier molecular flexibility index (Phi) is 4.74. The molecule has 8 nitrogen and oxygen atoms in total. The van der Waals surface area contributed by atoms with Crippen LogP contribution in [0.2, 0.25) is 0 Å². The van der Waals surface area contributed by atoms with Crippen molar-refractivity contribution in [2.24, 2.45) is 0 Å². The topological polar surface area (TPSA) is 113 Å². The van der Waals surface area contributed by atoms with Crippen molar-refractivity contribution in [3.8, 4) is 28.9 Å². The quantitative estimate of drug-likeness (QED) is 0.721. The van der Waals surface area contributed by atoms with E-state index in [1.807, 2.05) is 0 Å². The van der Waals surface area contributed by atoms with Crippen molar-refractivity contribution in [3.05, 3.63) is 59.9 Å². The van der Waals surface area contributed by atoms with Gasteiger partial charge in [-0.05, 0) is 36.2 Å². The lowest BCUT2D eigenvalue weighted by molar-refractivity contribution is 0.0929. The number of ether oxygens (including phenoxy) is 1. The van der Waals surface area contributed by atoms with E-state index in [1.54, 1.807) is 36.4 Å². The number of carbonyl (C=O) groups excluding carboxylic acids is 1. The van der Waals surface area contributed by atoms with Gasteiger partial charge in [0.25, 0.3) is 5.91 Å². The first-order valence-corrected chi connectivity index (χ1v) is 8.78. The van der Waals surface area contributed by atoms with Gasteiger partial charge in [0, 0.05) is 12.8 Å². The van der Waals surface area contributed by atoms with Gasteiger partial charge in [0.15, 0.2) is 5.82 Å². The molecule has 1 fully saturated rings. The van der Waals surface area contributed by atoms with Crippen molar-refractivity contribution < 1.29 is 14.6 Å². The number of rotatable bonds is 4. The van der Waals surface area contributed by atoms with Crippen molar-refractivity contribution >= 4 is 5.91 Å². The summed E-state index contributed by atoms with van der Waals surface area (Å²) in [6, 6.07) is 12.2. The third-order valence-corrected chi connectivity index (χ3v) is 4.56. The largest absolute Gasteiger partial charge is 0.493 e. The number of hydrogen-bond acceptors (Lipinski definition) is 6. The lowest BCUT2D eigenvalue weighted by Gasteiger charge is -2.10. The number of amides is 1. The summed E-state index contributed by atoms with van der Waals surface area (Å²) in [5.41, 5.74) is 2.22. The number of nitrogens with zero attached hydrogens (tertiary/aromatic N) is 4. The minimum absolute atomic E-state index is 0.0253. The van der Waals surface area contributed by atoms with Crippen LogP contribution in [0, 0.1) is 11.3 Å². The van der Waals surface area contributed by atoms with Gasteiger partial charge >= 0.3 is 0 Å². The van der Waals surface area contributed by atoms with Crippen LogP contribution >= 0.6 is 0 Å². The van der Waals surface area contributed by atoms with E-state index in [9.17, 15) is 9.90 Å². The minimum atomic E-state index is -0.211. The van der Waals surface area contributed by atoms with E-state index < -0.39 is 0 Å². The van der Waals surface area contributed by atoms with Crippen molar-refractivity contribution in [2.75, 3.05) is 13.2 Å². The molecule has 3 aromatic rings. The predicted molar refractivity (Wildman–Crippen MR) is 99.9 cm³/mol. The molecular formula is C20H17N5O3. The van der Waals surface area contributed by atoms with E-state index in [1.165, 1.54) is 17.1 Å². The van der Waals surface area contributed by atoms with Gasteiger partial charge in [-0.15, -0.1) is 0 Å². The van der Waals surface area contributed by atoms with Crippen LogP contribution < -0.4 is 5.32 Å². The van der Waals surface area contributed by atoms with Gasteiger partial charge in [0.1, 0.15) is 0 Å². The van der Waals surface area contributed by atoms with E-state index in [0.717, 1.165) is 12.0 Å². The number of nitrogens with one attached hydrogen (secondary N) is 1. The van der Waals surface area contributed by atoms with E-state index in [-0.39, 0.29) is 17.8 Å². The lowest BCUT2D eigenvalue weighted by atomic mass is 10.1. The first-order valence-electron chi connectivity index (χ1n) is 8.78. The molecule has 3 heterocycles. The Morgan fingerprint density at radius 3 is 2.71 bits per heavy atom. The molecule has 0 saturated carbocycles. The molecular weight excluding hydrogens is 358 g/mol. The fraction of sp³-hybridized carbons (Fsp3) is 0.200. The maximum Gasteiger partial charge on any atom is 0.253 e. The summed E-state index contributed by atoms with van der Waals surface area (Å²) >= 11 is 0. The van der Waals surface area contributed by atoms with Gasteiger partial charge in [-0.3, -0.25) is 4.79 Å². The van der Waals surface area contributed by atoms with Crippen LogP contribution in [0.15, 0.2) is 48.8 Å². The van der Waals surface area contributed by atoms with Crippen LogP contribution in [-0.2, 0) is 4.74 Å². The molecule has 0 radical (unpaired) electrons. The fourth-order valence-electron chi connectivity index (χ4n) is 3.00. The summed E-state index contributed by atoms with van der Waals surface area (Å²) in [5, 5.41) is 26.5. The smallest absolute Gasteiger partial charge is 0.253 e. The highest BCUT2D eigenvalue weighted by Gasteiger charge is 2.19. The maximum absolute atomic E-state index is 12.3. The van der Waals surface area contributed by atoms with Crippen LogP contribution in [0.5, 0.6) is 5.88 Å². The zero-order chi connectivity index (χ0) is 19.5. The van der Waals surface area contributed by atoms with E-state index in [2.05, 4.69) is 21.5 Å². The van der Waals surface area contributed by atoms with Crippen LogP contribution in [0.3, 0.4) is 0 Å². The normalized spacial score (nSPS) is 15.9. The summed E-state index contributed by atoms with van der Waals surface area (Å²) in [5.74, 6) is 0.105. The first-order chi connectivity index (χ1) is 13.7. The Morgan fingerprint density at radius 2 is 2.07 bits per heavy atom. The summed E-state index contributed by atoms with van der Waals surface area (Å²) in [6.45, 7) is 1.18. The monoisotopic (exact) mass is 375 g/mol. The molecule has 1 aromatic carbocycles. The number of aromatic nitrogens is 3. The zero-order valence-corrected chi connectivity index (χ0v) is 14.9. The Balaban J connectivity index is 1.53. The zero-order valence-electron chi connectivity index (χ0n) is 14.9. The van der Waals surface area contributed by atoms with Crippen LogP contribution in [0.25, 0.3) is 16.9 Å². The molecule has 1 aliphatic heterocycles.